The van der Waals surface area contributed by atoms with Gasteiger partial charge in [-0.05, 0) is 44.2 Å². The summed E-state index contributed by atoms with van der Waals surface area (Å²) in [6, 6.07) is 3.86. The molecule has 2 heterocycles. The van der Waals surface area contributed by atoms with Gasteiger partial charge < -0.3 is 15.5 Å². The van der Waals surface area contributed by atoms with E-state index in [1.165, 1.54) is 0 Å². The van der Waals surface area contributed by atoms with Gasteiger partial charge in [0.05, 0.1) is 17.8 Å². The largest absolute Gasteiger partial charge is 0.356 e. The Morgan fingerprint density at radius 1 is 1.11 bits per heavy atom. The second-order valence-electron chi connectivity index (χ2n) is 7.81. The first kappa shape index (κ1) is 19.6. The van der Waals surface area contributed by atoms with Crippen molar-refractivity contribution in [3.8, 4) is 0 Å². The molecule has 0 bridgehead atoms. The van der Waals surface area contributed by atoms with Gasteiger partial charge in [0.1, 0.15) is 5.82 Å². The van der Waals surface area contributed by atoms with Crippen LogP contribution in [0.15, 0.2) is 18.3 Å². The third kappa shape index (κ3) is 5.44. The summed E-state index contributed by atoms with van der Waals surface area (Å²) in [5.41, 5.74) is 0.751. The molecule has 3 rings (SSSR count). The Morgan fingerprint density at radius 2 is 1.89 bits per heavy atom. The molecule has 1 aliphatic carbocycles. The molecule has 27 heavy (non-hydrogen) atoms. The number of rotatable bonds is 7. The van der Waals surface area contributed by atoms with Gasteiger partial charge >= 0.3 is 0 Å². The third-order valence-electron chi connectivity index (χ3n) is 5.69. The van der Waals surface area contributed by atoms with Crippen LogP contribution in [0.3, 0.4) is 0 Å². The lowest BCUT2D eigenvalue weighted by Gasteiger charge is -2.33. The molecule has 148 valence electrons. The molecule has 2 amide bonds. The van der Waals surface area contributed by atoms with Crippen LogP contribution in [0.5, 0.6) is 0 Å². The number of anilines is 2. The van der Waals surface area contributed by atoms with Crippen molar-refractivity contribution in [3.05, 3.63) is 18.3 Å². The van der Waals surface area contributed by atoms with Gasteiger partial charge in [0.2, 0.25) is 11.8 Å². The van der Waals surface area contributed by atoms with Crippen LogP contribution in [0, 0.1) is 11.8 Å². The molecule has 2 fully saturated rings. The Bertz CT molecular complexity index is 626. The number of nitrogens with one attached hydrogen (secondary N) is 2. The van der Waals surface area contributed by atoms with Gasteiger partial charge in [0, 0.05) is 25.6 Å². The van der Waals surface area contributed by atoms with E-state index in [1.807, 2.05) is 12.1 Å². The summed E-state index contributed by atoms with van der Waals surface area (Å²) in [6.45, 7) is 4.51. The van der Waals surface area contributed by atoms with Crippen molar-refractivity contribution in [2.24, 2.45) is 11.8 Å². The van der Waals surface area contributed by atoms with E-state index in [9.17, 15) is 9.59 Å². The fraction of sp³-hybridized carbons (Fsp3) is 0.667. The smallest absolute Gasteiger partial charge is 0.227 e. The van der Waals surface area contributed by atoms with Crippen molar-refractivity contribution in [2.75, 3.05) is 29.9 Å². The van der Waals surface area contributed by atoms with E-state index in [-0.39, 0.29) is 23.7 Å². The molecule has 1 aromatic heterocycles. The SMILES string of the molecule is CCCCNC(=O)[C@@H]1CCCN(c2ccc(NC(=O)C3CCCC3)cn2)C1. The number of amides is 2. The Kier molecular flexibility index (Phi) is 7.07. The molecule has 1 aliphatic heterocycles. The maximum Gasteiger partial charge on any atom is 0.227 e. The minimum absolute atomic E-state index is 0.0270. The van der Waals surface area contributed by atoms with E-state index in [0.29, 0.717) is 6.54 Å². The summed E-state index contributed by atoms with van der Waals surface area (Å²) >= 11 is 0. The van der Waals surface area contributed by atoms with Crippen LogP contribution in [-0.2, 0) is 9.59 Å². The first-order chi connectivity index (χ1) is 13.2. The van der Waals surface area contributed by atoms with Crippen molar-refractivity contribution in [1.29, 1.82) is 0 Å². The Hall–Kier alpha value is -2.11. The number of unbranched alkanes of at least 4 members (excludes halogenated alkanes) is 1. The highest BCUT2D eigenvalue weighted by molar-refractivity contribution is 5.92. The summed E-state index contributed by atoms with van der Waals surface area (Å²) in [5.74, 6) is 1.33. The summed E-state index contributed by atoms with van der Waals surface area (Å²) < 4.78 is 0. The van der Waals surface area contributed by atoms with Crippen LogP contribution in [-0.4, -0.2) is 36.4 Å². The van der Waals surface area contributed by atoms with E-state index >= 15 is 0 Å². The van der Waals surface area contributed by atoms with Crippen molar-refractivity contribution >= 4 is 23.3 Å². The van der Waals surface area contributed by atoms with E-state index in [2.05, 4.69) is 27.4 Å². The normalized spacial score (nSPS) is 20.5. The standard InChI is InChI=1S/C21H32N4O2/c1-2-3-12-22-20(26)17-9-6-13-25(15-17)19-11-10-18(14-23-19)24-21(27)16-7-4-5-8-16/h10-11,14,16-17H,2-9,12-13,15H2,1H3,(H,22,26)(H,24,27)/t17-/m1/s1. The number of piperidine rings is 1. The second kappa shape index (κ2) is 9.72. The van der Waals surface area contributed by atoms with Crippen LogP contribution in [0.25, 0.3) is 0 Å². The van der Waals surface area contributed by atoms with Gasteiger partial charge in [-0.2, -0.15) is 0 Å². The van der Waals surface area contributed by atoms with Crippen molar-refractivity contribution in [3.63, 3.8) is 0 Å². The molecule has 0 unspecified atom stereocenters. The van der Waals surface area contributed by atoms with Crippen molar-refractivity contribution in [1.82, 2.24) is 10.3 Å². The highest BCUT2D eigenvalue weighted by Gasteiger charge is 2.26. The minimum atomic E-state index is 0.0270. The summed E-state index contributed by atoms with van der Waals surface area (Å²) in [7, 11) is 0. The Balaban J connectivity index is 1.53. The maximum atomic E-state index is 12.3. The molecule has 6 heteroatoms. The van der Waals surface area contributed by atoms with Gasteiger partial charge in [0.25, 0.3) is 0 Å². The van der Waals surface area contributed by atoms with Gasteiger partial charge in [0.15, 0.2) is 0 Å². The lowest BCUT2D eigenvalue weighted by Crippen LogP contribution is -2.43. The molecule has 6 nitrogen and oxygen atoms in total. The first-order valence-corrected chi connectivity index (χ1v) is 10.5. The summed E-state index contributed by atoms with van der Waals surface area (Å²) in [6.07, 6.45) is 10.1. The number of hydrogen-bond donors (Lipinski definition) is 2. The van der Waals surface area contributed by atoms with E-state index < -0.39 is 0 Å². The molecule has 1 aromatic rings. The lowest BCUT2D eigenvalue weighted by molar-refractivity contribution is -0.125. The first-order valence-electron chi connectivity index (χ1n) is 10.5. The lowest BCUT2D eigenvalue weighted by atomic mass is 9.97. The zero-order valence-corrected chi connectivity index (χ0v) is 16.4. The van der Waals surface area contributed by atoms with Crippen LogP contribution in [0.2, 0.25) is 0 Å². The average Bonchev–Trinajstić information content (AvgIpc) is 3.24. The number of carbonyl (C=O) groups is 2. The van der Waals surface area contributed by atoms with Gasteiger partial charge in [-0.1, -0.05) is 26.2 Å². The van der Waals surface area contributed by atoms with Crippen molar-refractivity contribution in [2.45, 2.75) is 58.3 Å². The number of hydrogen-bond acceptors (Lipinski definition) is 4. The number of pyridine rings is 1. The van der Waals surface area contributed by atoms with Gasteiger partial charge in [-0.25, -0.2) is 4.98 Å². The summed E-state index contributed by atoms with van der Waals surface area (Å²) in [5, 5.41) is 6.03. The highest BCUT2D eigenvalue weighted by Crippen LogP contribution is 2.27. The fourth-order valence-electron chi connectivity index (χ4n) is 4.01. The number of nitrogens with zero attached hydrogens (tertiary/aromatic N) is 2. The molecule has 1 atom stereocenters. The fourth-order valence-corrected chi connectivity index (χ4v) is 4.01. The van der Waals surface area contributed by atoms with Gasteiger partial charge in [-0.15, -0.1) is 0 Å². The maximum absolute atomic E-state index is 12.3. The topological polar surface area (TPSA) is 74.3 Å². The predicted molar refractivity (Wildman–Crippen MR) is 108 cm³/mol. The van der Waals surface area contributed by atoms with E-state index in [4.69, 9.17) is 0 Å². The summed E-state index contributed by atoms with van der Waals surface area (Å²) in [4.78, 5) is 31.3. The Morgan fingerprint density at radius 3 is 2.59 bits per heavy atom. The molecule has 1 saturated heterocycles. The molecular weight excluding hydrogens is 340 g/mol. The average molecular weight is 373 g/mol. The van der Waals surface area contributed by atoms with Crippen molar-refractivity contribution < 1.29 is 9.59 Å². The molecule has 2 aliphatic rings. The van der Waals surface area contributed by atoms with Crippen LogP contribution in [0.4, 0.5) is 11.5 Å². The molecule has 0 spiro atoms. The third-order valence-corrected chi connectivity index (χ3v) is 5.69. The molecule has 0 aromatic carbocycles. The molecule has 0 radical (unpaired) electrons. The number of carbonyl (C=O) groups excluding carboxylic acids is 2. The molecule has 1 saturated carbocycles. The highest BCUT2D eigenvalue weighted by atomic mass is 16.2. The minimum Gasteiger partial charge on any atom is -0.356 e. The molecular formula is C21H32N4O2. The Labute approximate surface area is 162 Å². The van der Waals surface area contributed by atoms with Crippen LogP contribution >= 0.6 is 0 Å². The quantitative estimate of drug-likeness (QED) is 0.720. The van der Waals surface area contributed by atoms with Crippen LogP contribution < -0.4 is 15.5 Å². The number of aromatic nitrogens is 1. The monoisotopic (exact) mass is 372 g/mol. The zero-order valence-electron chi connectivity index (χ0n) is 16.4. The van der Waals surface area contributed by atoms with Crippen LogP contribution in [0.1, 0.15) is 58.3 Å². The predicted octanol–water partition coefficient (Wildman–Crippen LogP) is 3.34. The van der Waals surface area contributed by atoms with Gasteiger partial charge in [-0.3, -0.25) is 9.59 Å². The van der Waals surface area contributed by atoms with E-state index in [0.717, 1.165) is 76.0 Å². The second-order valence-corrected chi connectivity index (χ2v) is 7.81. The molecule has 2 N–H and O–H groups in total. The van der Waals surface area contributed by atoms with E-state index in [1.54, 1.807) is 6.20 Å². The zero-order chi connectivity index (χ0) is 19.1.